The van der Waals surface area contributed by atoms with Gasteiger partial charge in [0.05, 0.1) is 12.6 Å². The van der Waals surface area contributed by atoms with Crippen molar-refractivity contribution in [2.75, 3.05) is 0 Å². The molecular formula is C12H12F2N2O2. The van der Waals surface area contributed by atoms with Crippen LogP contribution in [0.4, 0.5) is 8.78 Å². The van der Waals surface area contributed by atoms with Crippen molar-refractivity contribution in [2.45, 2.75) is 25.4 Å². The molecule has 2 N–H and O–H groups in total. The summed E-state index contributed by atoms with van der Waals surface area (Å²) in [6, 6.07) is 2.28. The first-order valence-electron chi connectivity index (χ1n) is 5.53. The van der Waals surface area contributed by atoms with Crippen molar-refractivity contribution in [3.05, 3.63) is 35.4 Å². The van der Waals surface area contributed by atoms with Gasteiger partial charge >= 0.3 is 0 Å². The number of imide groups is 1. The van der Waals surface area contributed by atoms with Gasteiger partial charge in [-0.1, -0.05) is 6.07 Å². The van der Waals surface area contributed by atoms with Crippen LogP contribution in [-0.2, 0) is 16.1 Å². The summed E-state index contributed by atoms with van der Waals surface area (Å²) in [5.74, 6) is -2.39. The minimum absolute atomic E-state index is 0.0900. The fourth-order valence-corrected chi connectivity index (χ4v) is 1.85. The lowest BCUT2D eigenvalue weighted by atomic mass is 10.0. The average molecular weight is 254 g/mol. The van der Waals surface area contributed by atoms with Gasteiger partial charge in [0.15, 0.2) is 0 Å². The molecule has 4 nitrogen and oxygen atoms in total. The van der Waals surface area contributed by atoms with Crippen molar-refractivity contribution < 1.29 is 18.4 Å². The summed E-state index contributed by atoms with van der Waals surface area (Å²) in [5, 5.41) is 0. The number of nitrogens with zero attached hydrogens (tertiary/aromatic N) is 1. The van der Waals surface area contributed by atoms with Crippen molar-refractivity contribution in [3.8, 4) is 0 Å². The highest BCUT2D eigenvalue weighted by molar-refractivity contribution is 6.00. The summed E-state index contributed by atoms with van der Waals surface area (Å²) in [6.45, 7) is -0.211. The molecule has 0 aliphatic carbocycles. The van der Waals surface area contributed by atoms with Crippen LogP contribution in [0.3, 0.4) is 0 Å². The Kier molecular flexibility index (Phi) is 3.38. The van der Waals surface area contributed by atoms with Gasteiger partial charge < -0.3 is 5.73 Å². The fraction of sp³-hybridized carbons (Fsp3) is 0.333. The lowest BCUT2D eigenvalue weighted by Gasteiger charge is -2.28. The number of halogens is 2. The first-order valence-corrected chi connectivity index (χ1v) is 5.53. The van der Waals surface area contributed by atoms with Gasteiger partial charge in [0.25, 0.3) is 0 Å². The van der Waals surface area contributed by atoms with E-state index in [0.717, 1.165) is 11.0 Å². The van der Waals surface area contributed by atoms with Crippen molar-refractivity contribution in [3.63, 3.8) is 0 Å². The molecule has 1 unspecified atom stereocenters. The quantitative estimate of drug-likeness (QED) is 0.799. The number of hydrogen-bond acceptors (Lipinski definition) is 3. The zero-order valence-corrected chi connectivity index (χ0v) is 9.53. The highest BCUT2D eigenvalue weighted by atomic mass is 19.1. The molecule has 0 spiro atoms. The monoisotopic (exact) mass is 254 g/mol. The summed E-state index contributed by atoms with van der Waals surface area (Å²) in [4.78, 5) is 24.2. The molecular weight excluding hydrogens is 242 g/mol. The van der Waals surface area contributed by atoms with E-state index in [1.807, 2.05) is 0 Å². The molecule has 1 aromatic rings. The first-order chi connectivity index (χ1) is 8.49. The van der Waals surface area contributed by atoms with Gasteiger partial charge in [-0.15, -0.1) is 0 Å². The van der Waals surface area contributed by atoms with Crippen LogP contribution in [-0.4, -0.2) is 22.8 Å². The van der Waals surface area contributed by atoms with Crippen LogP contribution in [0.5, 0.6) is 0 Å². The van der Waals surface area contributed by atoms with Crippen LogP contribution in [0.25, 0.3) is 0 Å². The molecule has 18 heavy (non-hydrogen) atoms. The summed E-state index contributed by atoms with van der Waals surface area (Å²) in [6.07, 6.45) is 0.468. The number of hydrogen-bond donors (Lipinski definition) is 1. The van der Waals surface area contributed by atoms with Gasteiger partial charge in [0.1, 0.15) is 11.6 Å². The number of benzene rings is 1. The highest BCUT2D eigenvalue weighted by Crippen LogP contribution is 2.17. The minimum atomic E-state index is -0.783. The molecule has 0 aromatic heterocycles. The number of nitrogens with two attached hydrogens (primary N) is 1. The van der Waals surface area contributed by atoms with Crippen LogP contribution in [0, 0.1) is 11.6 Å². The molecule has 1 atom stereocenters. The van der Waals surface area contributed by atoms with E-state index >= 15 is 0 Å². The number of rotatable bonds is 2. The Morgan fingerprint density at radius 1 is 1.33 bits per heavy atom. The summed E-state index contributed by atoms with van der Waals surface area (Å²) in [7, 11) is 0. The van der Waals surface area contributed by atoms with E-state index in [4.69, 9.17) is 5.73 Å². The second-order valence-corrected chi connectivity index (χ2v) is 4.20. The van der Waals surface area contributed by atoms with E-state index in [1.165, 1.54) is 6.07 Å². The Morgan fingerprint density at radius 3 is 2.72 bits per heavy atom. The van der Waals surface area contributed by atoms with E-state index in [9.17, 15) is 18.4 Å². The lowest BCUT2D eigenvalue weighted by molar-refractivity contribution is -0.149. The minimum Gasteiger partial charge on any atom is -0.320 e. The molecule has 1 aliphatic heterocycles. The molecule has 2 rings (SSSR count). The fourth-order valence-electron chi connectivity index (χ4n) is 1.85. The number of carbonyl (C=O) groups excluding carboxylic acids is 2. The number of likely N-dealkylation sites (tertiary alicyclic amines) is 1. The smallest absolute Gasteiger partial charge is 0.246 e. The predicted molar refractivity (Wildman–Crippen MR) is 59.1 cm³/mol. The molecule has 6 heteroatoms. The maximum absolute atomic E-state index is 13.4. The second kappa shape index (κ2) is 4.81. The molecule has 2 amide bonds. The first kappa shape index (κ1) is 12.6. The van der Waals surface area contributed by atoms with Crippen LogP contribution >= 0.6 is 0 Å². The van der Waals surface area contributed by atoms with Gasteiger partial charge in [0.2, 0.25) is 11.8 Å². The topological polar surface area (TPSA) is 63.4 Å². The maximum atomic E-state index is 13.4. The highest BCUT2D eigenvalue weighted by Gasteiger charge is 2.32. The molecule has 0 saturated carbocycles. The van der Waals surface area contributed by atoms with E-state index in [1.54, 1.807) is 0 Å². The van der Waals surface area contributed by atoms with E-state index in [2.05, 4.69) is 0 Å². The van der Waals surface area contributed by atoms with Gasteiger partial charge in [-0.25, -0.2) is 8.78 Å². The predicted octanol–water partition coefficient (Wildman–Crippen LogP) is 0.941. The summed E-state index contributed by atoms with van der Waals surface area (Å²) < 4.78 is 26.2. The van der Waals surface area contributed by atoms with Crippen LogP contribution in [0.2, 0.25) is 0 Å². The molecule has 0 radical (unpaired) electrons. The summed E-state index contributed by atoms with van der Waals surface area (Å²) in [5.41, 5.74) is 5.64. The standard InChI is InChI=1S/C12H12F2N2O2/c13-8-2-1-7(9(14)5-8)6-16-11(17)4-3-10(15)12(16)18/h1-2,5,10H,3-4,6,15H2. The molecule has 1 saturated heterocycles. The number of amides is 2. The molecule has 0 bridgehead atoms. The van der Waals surface area contributed by atoms with E-state index in [-0.39, 0.29) is 24.4 Å². The van der Waals surface area contributed by atoms with Crippen molar-refractivity contribution in [1.29, 1.82) is 0 Å². The van der Waals surface area contributed by atoms with Crippen LogP contribution < -0.4 is 5.73 Å². The largest absolute Gasteiger partial charge is 0.320 e. The van der Waals surface area contributed by atoms with Gasteiger partial charge in [0, 0.05) is 18.1 Å². The Bertz CT molecular complexity index is 505. The van der Waals surface area contributed by atoms with Crippen molar-refractivity contribution in [1.82, 2.24) is 4.90 Å². The van der Waals surface area contributed by atoms with Gasteiger partial charge in [-0.2, -0.15) is 0 Å². The third-order valence-electron chi connectivity index (χ3n) is 2.90. The number of carbonyl (C=O) groups is 2. The van der Waals surface area contributed by atoms with E-state index < -0.39 is 23.6 Å². The third kappa shape index (κ3) is 2.38. The van der Waals surface area contributed by atoms with Gasteiger partial charge in [-0.3, -0.25) is 14.5 Å². The molecule has 96 valence electrons. The summed E-state index contributed by atoms with van der Waals surface area (Å²) >= 11 is 0. The molecule has 1 fully saturated rings. The Labute approximate surface area is 102 Å². The third-order valence-corrected chi connectivity index (χ3v) is 2.90. The Balaban J connectivity index is 2.21. The van der Waals surface area contributed by atoms with Gasteiger partial charge in [-0.05, 0) is 12.5 Å². The van der Waals surface area contributed by atoms with Crippen LogP contribution in [0.15, 0.2) is 18.2 Å². The molecule has 1 aromatic carbocycles. The molecule has 1 heterocycles. The molecule has 1 aliphatic rings. The second-order valence-electron chi connectivity index (χ2n) is 4.20. The van der Waals surface area contributed by atoms with E-state index in [0.29, 0.717) is 12.5 Å². The zero-order chi connectivity index (χ0) is 13.3. The average Bonchev–Trinajstić information content (AvgIpc) is 2.32. The van der Waals surface area contributed by atoms with Crippen LogP contribution in [0.1, 0.15) is 18.4 Å². The zero-order valence-electron chi connectivity index (χ0n) is 9.53. The van der Waals surface area contributed by atoms with Crippen molar-refractivity contribution >= 4 is 11.8 Å². The maximum Gasteiger partial charge on any atom is 0.246 e. The number of piperidine rings is 1. The van der Waals surface area contributed by atoms with Crippen molar-refractivity contribution in [2.24, 2.45) is 5.73 Å². The SMILES string of the molecule is NC1CCC(=O)N(Cc2ccc(F)cc2F)C1=O. The Morgan fingerprint density at radius 2 is 2.06 bits per heavy atom. The lowest BCUT2D eigenvalue weighted by Crippen LogP contribution is -2.50. The Hall–Kier alpha value is -1.82. The normalized spacial score (nSPS) is 20.4.